The van der Waals surface area contributed by atoms with Crippen LogP contribution in [0.15, 0.2) is 41.4 Å². The quantitative estimate of drug-likeness (QED) is 0.863. The number of hydrogen-bond donors (Lipinski definition) is 0. The lowest BCUT2D eigenvalue weighted by Gasteiger charge is -2.31. The first-order valence-electron chi connectivity index (χ1n) is 7.23. The summed E-state index contributed by atoms with van der Waals surface area (Å²) in [6.45, 7) is 0.974. The summed E-state index contributed by atoms with van der Waals surface area (Å²) in [5, 5.41) is 4.68. The molecule has 2 heterocycles. The van der Waals surface area contributed by atoms with Crippen molar-refractivity contribution in [3.8, 4) is 0 Å². The Bertz CT molecular complexity index is 773. The molecule has 0 aliphatic carbocycles. The molecule has 1 aliphatic rings. The van der Waals surface area contributed by atoms with Crippen molar-refractivity contribution in [3.63, 3.8) is 0 Å². The molecule has 1 aromatic carbocycles. The molecule has 5 nitrogen and oxygen atoms in total. The van der Waals surface area contributed by atoms with Gasteiger partial charge in [-0.1, -0.05) is 23.7 Å². The van der Waals surface area contributed by atoms with Crippen LogP contribution in [0.4, 0.5) is 0 Å². The fourth-order valence-electron chi connectivity index (χ4n) is 2.85. The fourth-order valence-corrected chi connectivity index (χ4v) is 4.86. The van der Waals surface area contributed by atoms with Gasteiger partial charge in [0.25, 0.3) is 0 Å². The molecule has 0 N–H and O–H groups in total. The molecule has 1 unspecified atom stereocenters. The fraction of sp³-hybridized carbons (Fsp3) is 0.400. The van der Waals surface area contributed by atoms with Crippen molar-refractivity contribution in [2.24, 2.45) is 7.05 Å². The van der Waals surface area contributed by atoms with Gasteiger partial charge in [-0.3, -0.25) is 4.68 Å². The van der Waals surface area contributed by atoms with Crippen molar-refractivity contribution in [3.05, 3.63) is 47.2 Å². The summed E-state index contributed by atoms with van der Waals surface area (Å²) in [6, 6.07) is 8.54. The standard InChI is InChI=1S/C15H18ClN3O2S/c1-18-10-8-14(17-18)12-5-4-9-19(11-12)22(20,21)15-7-3-2-6-13(15)16/h2-3,6-8,10,12H,4-5,9,11H2,1H3. The molecule has 0 spiro atoms. The zero-order chi connectivity index (χ0) is 15.7. The SMILES string of the molecule is Cn1ccc(C2CCCN(S(=O)(=O)c3ccccc3Cl)C2)n1. The van der Waals surface area contributed by atoms with Gasteiger partial charge in [-0.05, 0) is 31.0 Å². The average molecular weight is 340 g/mol. The van der Waals surface area contributed by atoms with E-state index in [1.807, 2.05) is 19.3 Å². The average Bonchev–Trinajstić information content (AvgIpc) is 2.94. The Balaban J connectivity index is 1.87. The third kappa shape index (κ3) is 2.91. The van der Waals surface area contributed by atoms with Gasteiger partial charge in [0.2, 0.25) is 10.0 Å². The molecule has 1 fully saturated rings. The topological polar surface area (TPSA) is 55.2 Å². The Kier molecular flexibility index (Phi) is 4.25. The molecule has 0 saturated carbocycles. The maximum Gasteiger partial charge on any atom is 0.244 e. The number of piperidine rings is 1. The van der Waals surface area contributed by atoms with Gasteiger partial charge < -0.3 is 0 Å². The zero-order valence-corrected chi connectivity index (χ0v) is 13.9. The van der Waals surface area contributed by atoms with Gasteiger partial charge in [-0.25, -0.2) is 8.42 Å². The van der Waals surface area contributed by atoms with E-state index in [1.165, 1.54) is 4.31 Å². The van der Waals surface area contributed by atoms with Crippen LogP contribution in [0.5, 0.6) is 0 Å². The monoisotopic (exact) mass is 339 g/mol. The van der Waals surface area contributed by atoms with Crippen LogP contribution in [-0.2, 0) is 17.1 Å². The molecule has 0 bridgehead atoms. The molecule has 118 valence electrons. The van der Waals surface area contributed by atoms with Crippen LogP contribution in [0.3, 0.4) is 0 Å². The number of rotatable bonds is 3. The summed E-state index contributed by atoms with van der Waals surface area (Å²) >= 11 is 6.06. The molecule has 0 radical (unpaired) electrons. The second kappa shape index (κ2) is 6.02. The van der Waals surface area contributed by atoms with Crippen LogP contribution < -0.4 is 0 Å². The van der Waals surface area contributed by atoms with Crippen LogP contribution in [0, 0.1) is 0 Å². The highest BCUT2D eigenvalue weighted by atomic mass is 35.5. The van der Waals surface area contributed by atoms with E-state index in [4.69, 9.17) is 11.6 Å². The summed E-state index contributed by atoms with van der Waals surface area (Å²) in [5.74, 6) is 0.132. The number of sulfonamides is 1. The summed E-state index contributed by atoms with van der Waals surface area (Å²) < 4.78 is 28.9. The van der Waals surface area contributed by atoms with E-state index in [2.05, 4.69) is 5.10 Å². The molecule has 1 atom stereocenters. The van der Waals surface area contributed by atoms with Gasteiger partial charge in [-0.15, -0.1) is 0 Å². The molecule has 22 heavy (non-hydrogen) atoms. The number of aromatic nitrogens is 2. The smallest absolute Gasteiger partial charge is 0.244 e. The van der Waals surface area contributed by atoms with Gasteiger partial charge in [0, 0.05) is 32.3 Å². The summed E-state index contributed by atoms with van der Waals surface area (Å²) in [5.41, 5.74) is 0.946. The van der Waals surface area contributed by atoms with Crippen molar-refractivity contribution in [2.75, 3.05) is 13.1 Å². The van der Waals surface area contributed by atoms with Crippen molar-refractivity contribution in [2.45, 2.75) is 23.7 Å². The highest BCUT2D eigenvalue weighted by molar-refractivity contribution is 7.89. The molecular formula is C15H18ClN3O2S. The largest absolute Gasteiger partial charge is 0.276 e. The van der Waals surface area contributed by atoms with Crippen molar-refractivity contribution in [1.82, 2.24) is 14.1 Å². The van der Waals surface area contributed by atoms with E-state index in [9.17, 15) is 8.42 Å². The van der Waals surface area contributed by atoms with Crippen molar-refractivity contribution in [1.29, 1.82) is 0 Å². The maximum atomic E-state index is 12.8. The van der Waals surface area contributed by atoms with Crippen LogP contribution in [0.25, 0.3) is 0 Å². The minimum absolute atomic E-state index is 0.132. The van der Waals surface area contributed by atoms with Gasteiger partial charge in [0.15, 0.2) is 0 Å². The number of aryl methyl sites for hydroxylation is 1. The van der Waals surface area contributed by atoms with Gasteiger partial charge in [0.05, 0.1) is 10.7 Å². The first kappa shape index (κ1) is 15.5. The van der Waals surface area contributed by atoms with Crippen LogP contribution in [0.2, 0.25) is 5.02 Å². The molecular weight excluding hydrogens is 322 g/mol. The molecule has 1 aromatic heterocycles. The Morgan fingerprint density at radius 3 is 2.73 bits per heavy atom. The maximum absolute atomic E-state index is 12.8. The Morgan fingerprint density at radius 1 is 1.27 bits per heavy atom. The van der Waals surface area contributed by atoms with Crippen molar-refractivity contribution < 1.29 is 8.42 Å². The van der Waals surface area contributed by atoms with Crippen molar-refractivity contribution >= 4 is 21.6 Å². The second-order valence-electron chi connectivity index (χ2n) is 5.55. The van der Waals surface area contributed by atoms with E-state index in [-0.39, 0.29) is 15.8 Å². The normalized spacial score (nSPS) is 20.2. The van der Waals surface area contributed by atoms with Gasteiger partial charge >= 0.3 is 0 Å². The minimum atomic E-state index is -3.56. The highest BCUT2D eigenvalue weighted by Crippen LogP contribution is 2.31. The van der Waals surface area contributed by atoms with E-state index >= 15 is 0 Å². The second-order valence-corrected chi connectivity index (χ2v) is 7.86. The van der Waals surface area contributed by atoms with Gasteiger partial charge in [0.1, 0.15) is 4.90 Å². The number of nitrogens with zero attached hydrogens (tertiary/aromatic N) is 3. The predicted molar refractivity (Wildman–Crippen MR) is 85.4 cm³/mol. The van der Waals surface area contributed by atoms with Crippen LogP contribution in [-0.4, -0.2) is 35.6 Å². The third-order valence-corrected chi connectivity index (χ3v) is 6.36. The number of hydrogen-bond acceptors (Lipinski definition) is 3. The third-order valence-electron chi connectivity index (χ3n) is 3.99. The predicted octanol–water partition coefficient (Wildman–Crippen LogP) is 2.64. The Labute approximate surface area is 135 Å². The summed E-state index contributed by atoms with van der Waals surface area (Å²) in [6.07, 6.45) is 3.66. The Hall–Kier alpha value is -1.37. The summed E-state index contributed by atoms with van der Waals surface area (Å²) in [4.78, 5) is 0.179. The van der Waals surface area contributed by atoms with Crippen LogP contribution in [0.1, 0.15) is 24.5 Å². The van der Waals surface area contributed by atoms with E-state index < -0.39 is 10.0 Å². The van der Waals surface area contributed by atoms with Gasteiger partial charge in [-0.2, -0.15) is 9.40 Å². The molecule has 0 amide bonds. The first-order chi connectivity index (χ1) is 10.5. The highest BCUT2D eigenvalue weighted by Gasteiger charge is 2.32. The Morgan fingerprint density at radius 2 is 2.05 bits per heavy atom. The molecule has 1 saturated heterocycles. The lowest BCUT2D eigenvalue weighted by molar-refractivity contribution is 0.312. The first-order valence-corrected chi connectivity index (χ1v) is 9.04. The molecule has 7 heteroatoms. The lowest BCUT2D eigenvalue weighted by Crippen LogP contribution is -2.39. The number of halogens is 1. The minimum Gasteiger partial charge on any atom is -0.276 e. The van der Waals surface area contributed by atoms with Crippen LogP contribution >= 0.6 is 11.6 Å². The van der Waals surface area contributed by atoms with E-state index in [1.54, 1.807) is 28.9 Å². The van der Waals surface area contributed by atoms with E-state index in [0.29, 0.717) is 13.1 Å². The number of benzene rings is 1. The summed E-state index contributed by atoms with van der Waals surface area (Å²) in [7, 11) is -1.69. The van der Waals surface area contributed by atoms with E-state index in [0.717, 1.165) is 18.5 Å². The lowest BCUT2D eigenvalue weighted by atomic mass is 9.96. The molecule has 1 aliphatic heterocycles. The molecule has 3 rings (SSSR count). The molecule has 2 aromatic rings. The zero-order valence-electron chi connectivity index (χ0n) is 12.3.